The van der Waals surface area contributed by atoms with Crippen molar-refractivity contribution >= 4 is 17.7 Å². The Hall–Kier alpha value is -1.00. The highest BCUT2D eigenvalue weighted by Gasteiger charge is 2.38. The lowest BCUT2D eigenvalue weighted by atomic mass is 9.97. The first kappa shape index (κ1) is 13.4. The molecular formula is C14H19NO2S. The minimum atomic E-state index is -0.681. The maximum atomic E-state index is 11.9. The highest BCUT2D eigenvalue weighted by molar-refractivity contribution is 8.00. The number of rotatable bonds is 3. The summed E-state index contributed by atoms with van der Waals surface area (Å²) in [6, 6.07) is 6.27. The maximum absolute atomic E-state index is 11.9. The summed E-state index contributed by atoms with van der Waals surface area (Å²) in [5, 5.41) is 9.60. The zero-order chi connectivity index (χ0) is 13.3. The van der Waals surface area contributed by atoms with Gasteiger partial charge in [-0.3, -0.25) is 4.79 Å². The number of benzene rings is 1. The van der Waals surface area contributed by atoms with Crippen LogP contribution in [0.5, 0.6) is 0 Å². The minimum Gasteiger partial charge on any atom is -0.386 e. The molecule has 98 valence electrons. The molecule has 1 aliphatic rings. The molecule has 1 N–H and O–H groups in total. The molecule has 0 bridgehead atoms. The van der Waals surface area contributed by atoms with Crippen LogP contribution in [0.4, 0.5) is 0 Å². The molecule has 4 heteroatoms. The monoisotopic (exact) mass is 265 g/mol. The lowest BCUT2D eigenvalue weighted by Gasteiger charge is -2.44. The molecule has 0 radical (unpaired) electrons. The number of amides is 1. The van der Waals surface area contributed by atoms with E-state index in [4.69, 9.17) is 0 Å². The van der Waals surface area contributed by atoms with E-state index >= 15 is 0 Å². The first-order valence-electron chi connectivity index (χ1n) is 6.08. The van der Waals surface area contributed by atoms with Gasteiger partial charge in [0, 0.05) is 4.90 Å². The molecule has 1 aliphatic heterocycles. The molecule has 18 heavy (non-hydrogen) atoms. The fraction of sp³-hybridized carbons (Fsp3) is 0.500. The van der Waals surface area contributed by atoms with Crippen LogP contribution in [0.15, 0.2) is 23.1 Å². The van der Waals surface area contributed by atoms with Crippen molar-refractivity contribution in [2.75, 3.05) is 18.8 Å². The van der Waals surface area contributed by atoms with Crippen LogP contribution in [0, 0.1) is 13.8 Å². The van der Waals surface area contributed by atoms with Crippen molar-refractivity contribution in [1.29, 1.82) is 0 Å². The summed E-state index contributed by atoms with van der Waals surface area (Å²) in [6.45, 7) is 6.78. The van der Waals surface area contributed by atoms with Gasteiger partial charge in [-0.1, -0.05) is 17.7 Å². The molecule has 1 saturated heterocycles. The van der Waals surface area contributed by atoms with Crippen LogP contribution in [0.2, 0.25) is 0 Å². The SMILES string of the molecule is Cc1ccc(C)c(SCC(=O)N2CC(C)(O)C2)c1. The molecule has 1 aromatic rings. The number of aliphatic hydroxyl groups is 1. The molecule has 3 nitrogen and oxygen atoms in total. The van der Waals surface area contributed by atoms with Gasteiger partial charge in [0.15, 0.2) is 0 Å². The van der Waals surface area contributed by atoms with E-state index in [1.807, 2.05) is 0 Å². The number of hydrogen-bond donors (Lipinski definition) is 1. The third-order valence-electron chi connectivity index (χ3n) is 3.11. The first-order valence-corrected chi connectivity index (χ1v) is 7.06. The third-order valence-corrected chi connectivity index (χ3v) is 4.25. The van der Waals surface area contributed by atoms with Crippen LogP contribution in [0.3, 0.4) is 0 Å². The number of β-amino-alcohol motifs (C(OH)–C–C–N with tert-alkyl or cyclic N) is 1. The fourth-order valence-electron chi connectivity index (χ4n) is 2.05. The van der Waals surface area contributed by atoms with Crippen molar-refractivity contribution in [2.24, 2.45) is 0 Å². The molecule has 1 amide bonds. The van der Waals surface area contributed by atoms with Crippen molar-refractivity contribution in [3.05, 3.63) is 29.3 Å². The van der Waals surface area contributed by atoms with Gasteiger partial charge >= 0.3 is 0 Å². The van der Waals surface area contributed by atoms with Crippen molar-refractivity contribution in [3.8, 4) is 0 Å². The number of likely N-dealkylation sites (tertiary alicyclic amines) is 1. The van der Waals surface area contributed by atoms with Gasteiger partial charge in [0.2, 0.25) is 5.91 Å². The van der Waals surface area contributed by atoms with Gasteiger partial charge in [0.25, 0.3) is 0 Å². The van der Waals surface area contributed by atoms with E-state index in [1.165, 1.54) is 11.1 Å². The van der Waals surface area contributed by atoms with Gasteiger partial charge in [-0.05, 0) is 32.4 Å². The molecule has 0 saturated carbocycles. The van der Waals surface area contributed by atoms with E-state index in [0.717, 1.165) is 4.90 Å². The first-order chi connectivity index (χ1) is 8.37. The van der Waals surface area contributed by atoms with Gasteiger partial charge in [-0.15, -0.1) is 11.8 Å². The molecular weight excluding hydrogens is 246 g/mol. The van der Waals surface area contributed by atoms with E-state index in [9.17, 15) is 9.90 Å². The molecule has 1 heterocycles. The molecule has 0 unspecified atom stereocenters. The normalized spacial score (nSPS) is 17.4. The second-order valence-corrected chi connectivity index (χ2v) is 6.32. The fourth-order valence-corrected chi connectivity index (χ4v) is 3.07. The molecule has 0 aliphatic carbocycles. The van der Waals surface area contributed by atoms with Crippen LogP contribution in [0.25, 0.3) is 0 Å². The molecule has 1 aromatic carbocycles. The third kappa shape index (κ3) is 3.06. The second kappa shape index (κ2) is 4.94. The van der Waals surface area contributed by atoms with Gasteiger partial charge in [0.05, 0.1) is 24.4 Å². The maximum Gasteiger partial charge on any atom is 0.233 e. The van der Waals surface area contributed by atoms with Crippen molar-refractivity contribution in [2.45, 2.75) is 31.3 Å². The zero-order valence-corrected chi connectivity index (χ0v) is 11.9. The molecule has 2 rings (SSSR count). The Morgan fingerprint density at radius 1 is 1.44 bits per heavy atom. The van der Waals surface area contributed by atoms with E-state index in [0.29, 0.717) is 18.8 Å². The number of thioether (sulfide) groups is 1. The minimum absolute atomic E-state index is 0.104. The van der Waals surface area contributed by atoms with E-state index < -0.39 is 5.60 Å². The summed E-state index contributed by atoms with van der Waals surface area (Å²) in [6.07, 6.45) is 0. The smallest absolute Gasteiger partial charge is 0.233 e. The topological polar surface area (TPSA) is 40.5 Å². The molecule has 0 aromatic heterocycles. The van der Waals surface area contributed by atoms with Crippen LogP contribution in [-0.4, -0.2) is 40.4 Å². The van der Waals surface area contributed by atoms with Gasteiger partial charge < -0.3 is 10.0 Å². The molecule has 0 spiro atoms. The Morgan fingerprint density at radius 3 is 2.72 bits per heavy atom. The van der Waals surface area contributed by atoms with E-state index in [2.05, 4.69) is 32.0 Å². The average molecular weight is 265 g/mol. The Kier molecular flexibility index (Phi) is 3.69. The lowest BCUT2D eigenvalue weighted by molar-refractivity contribution is -0.149. The summed E-state index contributed by atoms with van der Waals surface area (Å²) in [5.74, 6) is 0.549. The number of aryl methyl sites for hydroxylation is 2. The van der Waals surface area contributed by atoms with Crippen LogP contribution >= 0.6 is 11.8 Å². The standard InChI is InChI=1S/C14H19NO2S/c1-10-4-5-11(2)12(6-10)18-7-13(16)15-8-14(3,17)9-15/h4-6,17H,7-9H2,1-3H3. The van der Waals surface area contributed by atoms with Gasteiger partial charge in [0.1, 0.15) is 0 Å². The molecule has 1 fully saturated rings. The second-order valence-electron chi connectivity index (χ2n) is 5.30. The summed E-state index contributed by atoms with van der Waals surface area (Å²) in [4.78, 5) is 14.7. The van der Waals surface area contributed by atoms with Crippen molar-refractivity contribution in [3.63, 3.8) is 0 Å². The summed E-state index contributed by atoms with van der Waals surface area (Å²) in [7, 11) is 0. The predicted octanol–water partition coefficient (Wildman–Crippen LogP) is 1.99. The van der Waals surface area contributed by atoms with Crippen LogP contribution in [-0.2, 0) is 4.79 Å². The Labute approximate surface area is 112 Å². The van der Waals surface area contributed by atoms with Gasteiger partial charge in [-0.25, -0.2) is 0 Å². The lowest BCUT2D eigenvalue weighted by Crippen LogP contribution is -2.62. The van der Waals surface area contributed by atoms with E-state index in [1.54, 1.807) is 23.6 Å². The summed E-state index contributed by atoms with van der Waals surface area (Å²) >= 11 is 1.57. The average Bonchev–Trinajstić information content (AvgIpc) is 2.26. The zero-order valence-electron chi connectivity index (χ0n) is 11.1. The van der Waals surface area contributed by atoms with Gasteiger partial charge in [-0.2, -0.15) is 0 Å². The van der Waals surface area contributed by atoms with E-state index in [-0.39, 0.29) is 5.91 Å². The van der Waals surface area contributed by atoms with Crippen LogP contribution < -0.4 is 0 Å². The number of nitrogens with zero attached hydrogens (tertiary/aromatic N) is 1. The van der Waals surface area contributed by atoms with Crippen molar-refractivity contribution < 1.29 is 9.90 Å². The number of carbonyl (C=O) groups excluding carboxylic acids is 1. The Bertz CT molecular complexity index is 463. The summed E-state index contributed by atoms with van der Waals surface area (Å²) < 4.78 is 0. The van der Waals surface area contributed by atoms with Crippen molar-refractivity contribution in [1.82, 2.24) is 4.90 Å². The quantitative estimate of drug-likeness (QED) is 0.850. The highest BCUT2D eigenvalue weighted by Crippen LogP contribution is 2.26. The Balaban J connectivity index is 1.88. The number of carbonyl (C=O) groups is 1. The number of hydrogen-bond acceptors (Lipinski definition) is 3. The predicted molar refractivity (Wildman–Crippen MR) is 73.8 cm³/mol. The van der Waals surface area contributed by atoms with Crippen LogP contribution in [0.1, 0.15) is 18.1 Å². The molecule has 0 atom stereocenters. The Morgan fingerprint density at radius 2 is 2.11 bits per heavy atom. The largest absolute Gasteiger partial charge is 0.386 e. The summed E-state index contributed by atoms with van der Waals surface area (Å²) in [5.41, 5.74) is 1.73. The highest BCUT2D eigenvalue weighted by atomic mass is 32.2.